The number of anilines is 3. The summed E-state index contributed by atoms with van der Waals surface area (Å²) in [6, 6.07) is 14.8. The molecule has 5 rings (SSSR count). The van der Waals surface area contributed by atoms with Gasteiger partial charge in [0.15, 0.2) is 0 Å². The number of benzene rings is 2. The highest BCUT2D eigenvalue weighted by Crippen LogP contribution is 2.35. The van der Waals surface area contributed by atoms with E-state index in [1.165, 1.54) is 18.3 Å². The summed E-state index contributed by atoms with van der Waals surface area (Å²) in [5.74, 6) is 0.853. The summed E-state index contributed by atoms with van der Waals surface area (Å²) in [4.78, 5) is 29.1. The van der Waals surface area contributed by atoms with Crippen molar-refractivity contribution in [2.24, 2.45) is 0 Å². The lowest BCUT2D eigenvalue weighted by atomic mass is 10.0. The molecule has 0 atom stereocenters. The van der Waals surface area contributed by atoms with Gasteiger partial charge in [0.05, 0.1) is 16.8 Å². The Morgan fingerprint density at radius 2 is 1.67 bits per heavy atom. The average molecular weight is 579 g/mol. The van der Waals surface area contributed by atoms with Crippen LogP contribution >= 0.6 is 0 Å². The molecule has 0 radical (unpaired) electrons. The van der Waals surface area contributed by atoms with E-state index in [0.29, 0.717) is 41.7 Å². The first-order valence-electron chi connectivity index (χ1n) is 13.1. The molecule has 0 aliphatic carbocycles. The molecule has 2 aromatic carbocycles. The zero-order chi connectivity index (χ0) is 29.7. The van der Waals surface area contributed by atoms with Crippen LogP contribution in [0.2, 0.25) is 0 Å². The fourth-order valence-electron chi connectivity index (χ4n) is 4.51. The number of piperazine rings is 1. The van der Waals surface area contributed by atoms with Gasteiger partial charge < -0.3 is 26.0 Å². The van der Waals surface area contributed by atoms with Crippen molar-refractivity contribution < 1.29 is 22.7 Å². The smallest absolute Gasteiger partial charge is 0.416 e. The van der Waals surface area contributed by atoms with Crippen LogP contribution in [0.25, 0.3) is 11.3 Å². The molecular formula is C29H29F3N8O2. The van der Waals surface area contributed by atoms with E-state index in [-0.39, 0.29) is 23.7 Å². The van der Waals surface area contributed by atoms with Crippen LogP contribution in [0.15, 0.2) is 73.1 Å². The Labute approximate surface area is 240 Å². The lowest BCUT2D eigenvalue weighted by molar-refractivity contribution is -0.138. The van der Waals surface area contributed by atoms with Gasteiger partial charge in [0.25, 0.3) is 0 Å². The minimum atomic E-state index is -4.56. The van der Waals surface area contributed by atoms with Crippen molar-refractivity contribution in [2.45, 2.75) is 12.7 Å². The molecule has 0 saturated carbocycles. The maximum atomic E-state index is 13.9. The summed E-state index contributed by atoms with van der Waals surface area (Å²) >= 11 is 0. The summed E-state index contributed by atoms with van der Waals surface area (Å²) in [6.07, 6.45) is -1.45. The fourth-order valence-corrected chi connectivity index (χ4v) is 4.51. The number of likely N-dealkylation sites (N-methyl/N-ethyl adjacent to an activating group) is 1. The average Bonchev–Trinajstić information content (AvgIpc) is 2.96. The number of nitrogens with one attached hydrogen (secondary N) is 2. The summed E-state index contributed by atoms with van der Waals surface area (Å²) in [7, 11) is 1.99. The number of alkyl halides is 3. The van der Waals surface area contributed by atoms with E-state index in [2.05, 4.69) is 30.5 Å². The Bertz CT molecular complexity index is 1540. The number of pyridine rings is 1. The van der Waals surface area contributed by atoms with Crippen LogP contribution in [-0.4, -0.2) is 64.0 Å². The highest BCUT2D eigenvalue weighted by atomic mass is 19.4. The summed E-state index contributed by atoms with van der Waals surface area (Å²) in [6.45, 7) is 3.19. The first kappa shape index (κ1) is 28.8. The zero-order valence-electron chi connectivity index (χ0n) is 22.7. The third kappa shape index (κ3) is 7.30. The topological polar surface area (TPSA) is 122 Å². The van der Waals surface area contributed by atoms with Gasteiger partial charge in [-0.2, -0.15) is 13.2 Å². The second-order valence-corrected chi connectivity index (χ2v) is 9.81. The molecule has 3 heterocycles. The standard InChI is InChI=1S/C29H29F3N8O2/c1-39-13-15-40(16-14-39)18-19-4-5-21(17-24(19)29(30,31)32)37-28(41)36-20-6-8-22(9-7-20)42-26-23(3-2-11-34-26)25-10-12-35-27(33)38-25/h2-12,17H,13-16,18H2,1H3,(H2,33,35,38)(H2,36,37,41). The van der Waals surface area contributed by atoms with Gasteiger partial charge in [-0.25, -0.2) is 19.7 Å². The van der Waals surface area contributed by atoms with Crippen LogP contribution in [0, 0.1) is 0 Å². The maximum Gasteiger partial charge on any atom is 0.416 e. The summed E-state index contributed by atoms with van der Waals surface area (Å²) < 4.78 is 47.6. The Balaban J connectivity index is 1.22. The van der Waals surface area contributed by atoms with E-state index in [1.807, 2.05) is 11.9 Å². The van der Waals surface area contributed by atoms with Crippen molar-refractivity contribution in [3.63, 3.8) is 0 Å². The highest BCUT2D eigenvalue weighted by molar-refractivity contribution is 5.99. The molecule has 218 valence electrons. The SMILES string of the molecule is CN1CCN(Cc2ccc(NC(=O)Nc3ccc(Oc4ncccc4-c4ccnc(N)n4)cc3)cc2C(F)(F)F)CC1. The predicted octanol–water partition coefficient (Wildman–Crippen LogP) is 5.32. The Morgan fingerprint density at radius 1 is 0.952 bits per heavy atom. The second kappa shape index (κ2) is 12.4. The molecule has 0 unspecified atom stereocenters. The van der Waals surface area contributed by atoms with Crippen molar-refractivity contribution in [2.75, 3.05) is 49.6 Å². The molecule has 13 heteroatoms. The number of nitrogen functional groups attached to an aromatic ring is 1. The van der Waals surface area contributed by atoms with Gasteiger partial charge in [-0.05, 0) is 67.2 Å². The molecule has 2 aromatic heterocycles. The van der Waals surface area contributed by atoms with Gasteiger partial charge in [-0.15, -0.1) is 0 Å². The number of ether oxygens (including phenoxy) is 1. The van der Waals surface area contributed by atoms with E-state index in [4.69, 9.17) is 10.5 Å². The number of urea groups is 1. The van der Waals surface area contributed by atoms with Crippen LogP contribution < -0.4 is 21.1 Å². The second-order valence-electron chi connectivity index (χ2n) is 9.81. The summed E-state index contributed by atoms with van der Waals surface area (Å²) in [5, 5.41) is 5.11. The Morgan fingerprint density at radius 3 is 2.38 bits per heavy atom. The maximum absolute atomic E-state index is 13.9. The number of nitrogens with zero attached hydrogens (tertiary/aromatic N) is 5. The van der Waals surface area contributed by atoms with Gasteiger partial charge in [0.1, 0.15) is 5.75 Å². The van der Waals surface area contributed by atoms with Crippen molar-refractivity contribution >= 4 is 23.4 Å². The Kier molecular flexibility index (Phi) is 8.50. The predicted molar refractivity (Wildman–Crippen MR) is 153 cm³/mol. The zero-order valence-corrected chi connectivity index (χ0v) is 22.7. The van der Waals surface area contributed by atoms with Crippen LogP contribution in [-0.2, 0) is 12.7 Å². The van der Waals surface area contributed by atoms with Crippen LogP contribution in [0.3, 0.4) is 0 Å². The molecule has 4 N–H and O–H groups in total. The number of rotatable bonds is 7. The van der Waals surface area contributed by atoms with Gasteiger partial charge in [0, 0.05) is 56.5 Å². The monoisotopic (exact) mass is 578 g/mol. The van der Waals surface area contributed by atoms with Crippen molar-refractivity contribution in [3.05, 3.63) is 84.2 Å². The molecule has 1 saturated heterocycles. The molecule has 2 amide bonds. The number of halogens is 3. The first-order valence-corrected chi connectivity index (χ1v) is 13.1. The highest BCUT2D eigenvalue weighted by Gasteiger charge is 2.34. The number of nitrogens with two attached hydrogens (primary N) is 1. The van der Waals surface area contributed by atoms with Gasteiger partial charge in [-0.1, -0.05) is 6.07 Å². The van der Waals surface area contributed by atoms with E-state index < -0.39 is 17.8 Å². The number of carbonyl (C=O) groups is 1. The van der Waals surface area contributed by atoms with Gasteiger partial charge in [0.2, 0.25) is 11.8 Å². The minimum absolute atomic E-state index is 0.0370. The van der Waals surface area contributed by atoms with Gasteiger partial charge in [-0.3, -0.25) is 4.90 Å². The largest absolute Gasteiger partial charge is 0.438 e. The number of aromatic nitrogens is 3. The van der Waals surface area contributed by atoms with E-state index >= 15 is 0 Å². The molecule has 10 nitrogen and oxygen atoms in total. The third-order valence-corrected chi connectivity index (χ3v) is 6.71. The molecular weight excluding hydrogens is 549 g/mol. The van der Waals surface area contributed by atoms with Crippen LogP contribution in [0.4, 0.5) is 35.3 Å². The van der Waals surface area contributed by atoms with E-state index in [0.717, 1.165) is 19.2 Å². The third-order valence-electron chi connectivity index (χ3n) is 6.71. The van der Waals surface area contributed by atoms with E-state index in [9.17, 15) is 18.0 Å². The lowest BCUT2D eigenvalue weighted by Gasteiger charge is -2.33. The Hall–Kier alpha value is -4.75. The number of hydrogen-bond acceptors (Lipinski definition) is 8. The number of amides is 2. The van der Waals surface area contributed by atoms with Crippen LogP contribution in [0.5, 0.6) is 11.6 Å². The minimum Gasteiger partial charge on any atom is -0.438 e. The molecule has 1 aliphatic rings. The number of hydrogen-bond donors (Lipinski definition) is 3. The molecule has 1 fully saturated rings. The molecule has 0 spiro atoms. The quantitative estimate of drug-likeness (QED) is 0.269. The summed E-state index contributed by atoms with van der Waals surface area (Å²) in [5.41, 5.74) is 6.71. The normalized spacial score (nSPS) is 14.4. The first-order chi connectivity index (χ1) is 20.1. The molecule has 42 heavy (non-hydrogen) atoms. The fraction of sp³-hybridized carbons (Fsp3) is 0.241. The van der Waals surface area contributed by atoms with Crippen molar-refractivity contribution in [1.82, 2.24) is 24.8 Å². The lowest BCUT2D eigenvalue weighted by Crippen LogP contribution is -2.44. The van der Waals surface area contributed by atoms with Crippen molar-refractivity contribution in [1.29, 1.82) is 0 Å². The molecule has 1 aliphatic heterocycles. The van der Waals surface area contributed by atoms with Crippen molar-refractivity contribution in [3.8, 4) is 22.9 Å². The van der Waals surface area contributed by atoms with E-state index in [1.54, 1.807) is 48.7 Å². The molecule has 4 aromatic rings. The van der Waals surface area contributed by atoms with Gasteiger partial charge >= 0.3 is 12.2 Å². The number of carbonyl (C=O) groups excluding carboxylic acids is 1. The molecule has 0 bridgehead atoms. The van der Waals surface area contributed by atoms with Crippen LogP contribution in [0.1, 0.15) is 11.1 Å².